The molecular formula is C49H48N2O8. The van der Waals surface area contributed by atoms with Gasteiger partial charge in [0.05, 0.1) is 18.2 Å². The zero-order valence-corrected chi connectivity index (χ0v) is 33.1. The van der Waals surface area contributed by atoms with Crippen molar-refractivity contribution < 1.29 is 38.1 Å². The van der Waals surface area contributed by atoms with Crippen LogP contribution in [0.25, 0.3) is 0 Å². The highest BCUT2D eigenvalue weighted by Crippen LogP contribution is 2.35. The number of nitrogens with one attached hydrogen (secondary N) is 1. The Bertz CT molecular complexity index is 2240. The Kier molecular flexibility index (Phi) is 15.5. The first-order chi connectivity index (χ1) is 29.0. The molecule has 0 aliphatic rings. The number of carbonyl (C=O) groups is 3. The Morgan fingerprint density at radius 2 is 0.915 bits per heavy atom. The minimum atomic E-state index is -0.563. The summed E-state index contributed by atoms with van der Waals surface area (Å²) in [6.45, 7) is 1.27. The van der Waals surface area contributed by atoms with E-state index in [-0.39, 0.29) is 50.1 Å². The van der Waals surface area contributed by atoms with Crippen molar-refractivity contribution >= 4 is 17.8 Å². The lowest BCUT2D eigenvalue weighted by molar-refractivity contribution is -0.141. The molecule has 2 amide bonds. The number of unbranched alkanes of at least 4 members (excludes halogenated alkanes) is 1. The Balaban J connectivity index is 1.12. The third kappa shape index (κ3) is 12.5. The van der Waals surface area contributed by atoms with Crippen molar-refractivity contribution in [1.29, 1.82) is 0 Å². The average molecular weight is 793 g/mol. The standard InChI is InChI=1S/C49H48N2O8/c1-55-45(52)32-51(49(54)42-27-17-29-44(57-34-38-20-8-3-9-21-38)47(42)59-36-40-24-12-5-13-25-40)31-15-14-30-50-48(53)41-26-16-28-43(56-33-37-18-6-2-7-19-37)46(41)58-35-39-22-10-4-11-23-39/h2-13,16-29H,14-15,30-36H2,1H3,(H,50,53). The number of esters is 1. The van der Waals surface area contributed by atoms with E-state index >= 15 is 0 Å². The Labute approximate surface area is 345 Å². The molecule has 59 heavy (non-hydrogen) atoms. The monoisotopic (exact) mass is 792 g/mol. The third-order valence-electron chi connectivity index (χ3n) is 9.33. The molecule has 0 aromatic heterocycles. The maximum absolute atomic E-state index is 14.3. The van der Waals surface area contributed by atoms with E-state index in [9.17, 15) is 14.4 Å². The van der Waals surface area contributed by atoms with Crippen LogP contribution in [-0.4, -0.2) is 49.4 Å². The summed E-state index contributed by atoms with van der Waals surface area (Å²) in [4.78, 5) is 42.0. The molecule has 6 aromatic carbocycles. The third-order valence-corrected chi connectivity index (χ3v) is 9.33. The molecule has 1 N–H and O–H groups in total. The van der Waals surface area contributed by atoms with Gasteiger partial charge in [-0.1, -0.05) is 133 Å². The van der Waals surface area contributed by atoms with Gasteiger partial charge in [-0.3, -0.25) is 14.4 Å². The summed E-state index contributed by atoms with van der Waals surface area (Å²) in [5, 5.41) is 3.00. The van der Waals surface area contributed by atoms with E-state index in [1.165, 1.54) is 12.0 Å². The highest BCUT2D eigenvalue weighted by molar-refractivity contribution is 5.99. The van der Waals surface area contributed by atoms with Crippen LogP contribution >= 0.6 is 0 Å². The minimum absolute atomic E-state index is 0.199. The first-order valence-electron chi connectivity index (χ1n) is 19.6. The normalized spacial score (nSPS) is 10.6. The van der Waals surface area contributed by atoms with Gasteiger partial charge in [0.25, 0.3) is 11.8 Å². The van der Waals surface area contributed by atoms with E-state index in [2.05, 4.69) is 5.32 Å². The van der Waals surface area contributed by atoms with Crippen LogP contribution in [0.4, 0.5) is 0 Å². The molecular weight excluding hydrogens is 745 g/mol. The van der Waals surface area contributed by atoms with E-state index in [4.69, 9.17) is 23.7 Å². The Morgan fingerprint density at radius 3 is 1.37 bits per heavy atom. The van der Waals surface area contributed by atoms with E-state index in [1.807, 2.05) is 121 Å². The van der Waals surface area contributed by atoms with E-state index in [0.29, 0.717) is 48.8 Å². The van der Waals surface area contributed by atoms with Crippen LogP contribution in [0.3, 0.4) is 0 Å². The molecule has 10 nitrogen and oxygen atoms in total. The van der Waals surface area contributed by atoms with Crippen LogP contribution in [0.2, 0.25) is 0 Å². The Hall–Kier alpha value is -7.07. The molecule has 0 spiro atoms. The number of methoxy groups -OCH3 is 1. The number of benzene rings is 6. The number of hydrogen-bond donors (Lipinski definition) is 1. The second kappa shape index (κ2) is 22.0. The van der Waals surface area contributed by atoms with Crippen molar-refractivity contribution in [3.05, 3.63) is 191 Å². The molecule has 0 saturated carbocycles. The lowest BCUT2D eigenvalue weighted by Crippen LogP contribution is -2.37. The molecule has 0 bridgehead atoms. The van der Waals surface area contributed by atoms with Crippen molar-refractivity contribution in [2.75, 3.05) is 26.7 Å². The zero-order valence-electron chi connectivity index (χ0n) is 33.1. The summed E-state index contributed by atoms with van der Waals surface area (Å²) in [6, 6.07) is 49.2. The van der Waals surface area contributed by atoms with E-state index in [1.54, 1.807) is 36.4 Å². The van der Waals surface area contributed by atoms with Crippen LogP contribution < -0.4 is 24.3 Å². The summed E-state index contributed by atoms with van der Waals surface area (Å²) in [5.41, 5.74) is 4.39. The van der Waals surface area contributed by atoms with Gasteiger partial charge in [-0.05, 0) is 59.4 Å². The van der Waals surface area contributed by atoms with Crippen LogP contribution in [0.15, 0.2) is 158 Å². The molecule has 302 valence electrons. The zero-order chi connectivity index (χ0) is 41.1. The Morgan fingerprint density at radius 1 is 0.492 bits per heavy atom. The van der Waals surface area contributed by atoms with Gasteiger partial charge >= 0.3 is 5.97 Å². The van der Waals surface area contributed by atoms with Gasteiger partial charge in [-0.2, -0.15) is 0 Å². The van der Waals surface area contributed by atoms with Crippen molar-refractivity contribution in [1.82, 2.24) is 10.2 Å². The summed E-state index contributed by atoms with van der Waals surface area (Å²) in [6.07, 6.45) is 0.990. The second-order valence-electron chi connectivity index (χ2n) is 13.6. The SMILES string of the molecule is COC(=O)CN(CCCCNC(=O)c1cccc(OCc2ccccc2)c1OCc1ccccc1)C(=O)c1cccc(OCc2ccccc2)c1OCc1ccccc1. The number of ether oxygens (including phenoxy) is 5. The first kappa shape index (κ1) is 41.6. The summed E-state index contributed by atoms with van der Waals surface area (Å²) in [7, 11) is 1.28. The van der Waals surface area contributed by atoms with Crippen LogP contribution in [-0.2, 0) is 36.0 Å². The quantitative estimate of drug-likeness (QED) is 0.0569. The molecule has 0 aliphatic heterocycles. The van der Waals surface area contributed by atoms with Gasteiger partial charge in [-0.15, -0.1) is 0 Å². The predicted octanol–water partition coefficient (Wildman–Crippen LogP) is 8.83. The van der Waals surface area contributed by atoms with Crippen LogP contribution in [0.5, 0.6) is 23.0 Å². The van der Waals surface area contributed by atoms with Crippen molar-refractivity contribution in [3.63, 3.8) is 0 Å². The number of nitrogens with zero attached hydrogens (tertiary/aromatic N) is 1. The van der Waals surface area contributed by atoms with Gasteiger partial charge in [0.15, 0.2) is 23.0 Å². The number of rotatable bonds is 21. The molecule has 0 saturated heterocycles. The van der Waals surface area contributed by atoms with E-state index < -0.39 is 11.9 Å². The lowest BCUT2D eigenvalue weighted by atomic mass is 10.1. The summed E-state index contributed by atoms with van der Waals surface area (Å²) in [5.74, 6) is 0.175. The largest absolute Gasteiger partial charge is 0.485 e. The fourth-order valence-corrected chi connectivity index (χ4v) is 6.20. The fourth-order valence-electron chi connectivity index (χ4n) is 6.20. The summed E-state index contributed by atoms with van der Waals surface area (Å²) < 4.78 is 29.9. The van der Waals surface area contributed by atoms with Crippen molar-refractivity contribution in [2.45, 2.75) is 39.3 Å². The molecule has 6 aromatic rings. The van der Waals surface area contributed by atoms with Crippen LogP contribution in [0, 0.1) is 0 Å². The number of hydrogen-bond acceptors (Lipinski definition) is 8. The molecule has 6 rings (SSSR count). The van der Waals surface area contributed by atoms with Gasteiger partial charge in [0.2, 0.25) is 0 Å². The molecule has 0 heterocycles. The molecule has 0 unspecified atom stereocenters. The minimum Gasteiger partial charge on any atom is -0.485 e. The smallest absolute Gasteiger partial charge is 0.325 e. The first-order valence-corrected chi connectivity index (χ1v) is 19.6. The lowest BCUT2D eigenvalue weighted by Gasteiger charge is -2.24. The molecule has 0 radical (unpaired) electrons. The molecule has 0 fully saturated rings. The summed E-state index contributed by atoms with van der Waals surface area (Å²) >= 11 is 0. The highest BCUT2D eigenvalue weighted by atomic mass is 16.5. The number of para-hydroxylation sites is 2. The predicted molar refractivity (Wildman–Crippen MR) is 225 cm³/mol. The van der Waals surface area contributed by atoms with Gasteiger partial charge in [0.1, 0.15) is 33.0 Å². The van der Waals surface area contributed by atoms with Gasteiger partial charge in [-0.25, -0.2) is 0 Å². The van der Waals surface area contributed by atoms with Crippen molar-refractivity contribution in [2.24, 2.45) is 0 Å². The number of amides is 2. The van der Waals surface area contributed by atoms with Crippen molar-refractivity contribution in [3.8, 4) is 23.0 Å². The van der Waals surface area contributed by atoms with Gasteiger partial charge < -0.3 is 33.9 Å². The van der Waals surface area contributed by atoms with E-state index in [0.717, 1.165) is 22.3 Å². The maximum atomic E-state index is 14.3. The molecule has 0 atom stereocenters. The maximum Gasteiger partial charge on any atom is 0.325 e. The average Bonchev–Trinajstić information content (AvgIpc) is 3.29. The topological polar surface area (TPSA) is 113 Å². The number of carbonyl (C=O) groups excluding carboxylic acids is 3. The second-order valence-corrected chi connectivity index (χ2v) is 13.6. The highest BCUT2D eigenvalue weighted by Gasteiger charge is 2.25. The molecule has 0 aliphatic carbocycles. The van der Waals surface area contributed by atoms with Gasteiger partial charge in [0, 0.05) is 13.1 Å². The molecule has 10 heteroatoms. The van der Waals surface area contributed by atoms with Crippen LogP contribution in [0.1, 0.15) is 55.8 Å². The fraction of sp³-hybridized carbons (Fsp3) is 0.204.